The molecular formula is C22H21NO. The molecule has 1 atom stereocenters. The smallest absolute Gasteiger partial charge is 0.225 e. The fourth-order valence-corrected chi connectivity index (χ4v) is 3.61. The Hall–Kier alpha value is -2.61. The van der Waals surface area contributed by atoms with Gasteiger partial charge in [0.05, 0.1) is 5.69 Å². The van der Waals surface area contributed by atoms with Gasteiger partial charge in [-0.1, -0.05) is 74.5 Å². The molecule has 0 fully saturated rings. The molecular weight excluding hydrogens is 294 g/mol. The third kappa shape index (κ3) is 2.48. The molecule has 3 aromatic rings. The zero-order valence-electron chi connectivity index (χ0n) is 14.0. The number of hydrogen-bond donors (Lipinski definition) is 1. The fraction of sp³-hybridized carbons (Fsp3) is 0.227. The van der Waals surface area contributed by atoms with Crippen LogP contribution in [0.1, 0.15) is 48.8 Å². The Labute approximate surface area is 142 Å². The SMILES string of the molecule is CC(C)c1ccc(C2CC(=O)Nc3c2ccc2ccccc32)cc1. The summed E-state index contributed by atoms with van der Waals surface area (Å²) in [6, 6.07) is 21.3. The number of carbonyl (C=O) groups excluding carboxylic acids is 1. The predicted octanol–water partition coefficient (Wildman–Crippen LogP) is 5.44. The van der Waals surface area contributed by atoms with Crippen LogP contribution in [0.2, 0.25) is 0 Å². The highest BCUT2D eigenvalue weighted by atomic mass is 16.1. The van der Waals surface area contributed by atoms with Gasteiger partial charge in [0.1, 0.15) is 0 Å². The van der Waals surface area contributed by atoms with Gasteiger partial charge >= 0.3 is 0 Å². The van der Waals surface area contributed by atoms with E-state index in [0.29, 0.717) is 12.3 Å². The van der Waals surface area contributed by atoms with Crippen LogP contribution in [0.15, 0.2) is 60.7 Å². The monoisotopic (exact) mass is 315 g/mol. The third-order valence-corrected chi connectivity index (χ3v) is 5.00. The first kappa shape index (κ1) is 14.9. The maximum Gasteiger partial charge on any atom is 0.225 e. The van der Waals surface area contributed by atoms with Gasteiger partial charge in [0, 0.05) is 17.7 Å². The minimum Gasteiger partial charge on any atom is -0.325 e. The van der Waals surface area contributed by atoms with Gasteiger partial charge in [0.15, 0.2) is 0 Å². The second-order valence-corrected chi connectivity index (χ2v) is 6.88. The van der Waals surface area contributed by atoms with E-state index in [4.69, 9.17) is 0 Å². The highest BCUT2D eigenvalue weighted by Crippen LogP contribution is 2.41. The van der Waals surface area contributed by atoms with Gasteiger partial charge < -0.3 is 5.32 Å². The molecule has 120 valence electrons. The number of benzene rings is 3. The van der Waals surface area contributed by atoms with Crippen molar-refractivity contribution in [1.29, 1.82) is 0 Å². The summed E-state index contributed by atoms with van der Waals surface area (Å²) in [6.07, 6.45) is 0.506. The molecule has 0 radical (unpaired) electrons. The molecule has 3 aromatic carbocycles. The number of rotatable bonds is 2. The highest BCUT2D eigenvalue weighted by molar-refractivity contribution is 6.06. The number of hydrogen-bond acceptors (Lipinski definition) is 1. The van der Waals surface area contributed by atoms with Crippen LogP contribution in [-0.2, 0) is 4.79 Å². The third-order valence-electron chi connectivity index (χ3n) is 5.00. The Morgan fingerprint density at radius 1 is 0.958 bits per heavy atom. The lowest BCUT2D eigenvalue weighted by atomic mass is 9.83. The molecule has 0 saturated heterocycles. The van der Waals surface area contributed by atoms with E-state index in [-0.39, 0.29) is 11.8 Å². The van der Waals surface area contributed by atoms with Crippen molar-refractivity contribution in [2.75, 3.05) is 5.32 Å². The van der Waals surface area contributed by atoms with Crippen molar-refractivity contribution >= 4 is 22.4 Å². The molecule has 1 N–H and O–H groups in total. The van der Waals surface area contributed by atoms with Gasteiger partial charge in [0.2, 0.25) is 5.91 Å². The highest BCUT2D eigenvalue weighted by Gasteiger charge is 2.27. The van der Waals surface area contributed by atoms with Crippen molar-refractivity contribution < 1.29 is 4.79 Å². The summed E-state index contributed by atoms with van der Waals surface area (Å²) in [6.45, 7) is 4.40. The fourth-order valence-electron chi connectivity index (χ4n) is 3.61. The number of anilines is 1. The van der Waals surface area contributed by atoms with Gasteiger partial charge in [-0.15, -0.1) is 0 Å². The minimum atomic E-state index is 0.0942. The lowest BCUT2D eigenvalue weighted by Gasteiger charge is -2.27. The van der Waals surface area contributed by atoms with Gasteiger partial charge in [-0.2, -0.15) is 0 Å². The second kappa shape index (κ2) is 5.79. The lowest BCUT2D eigenvalue weighted by Crippen LogP contribution is -2.23. The molecule has 4 rings (SSSR count). The van der Waals surface area contributed by atoms with E-state index >= 15 is 0 Å². The maximum absolute atomic E-state index is 12.3. The number of amides is 1. The Bertz CT molecular complexity index is 909. The maximum atomic E-state index is 12.3. The topological polar surface area (TPSA) is 29.1 Å². The van der Waals surface area contributed by atoms with E-state index in [0.717, 1.165) is 16.5 Å². The normalized spacial score (nSPS) is 17.0. The van der Waals surface area contributed by atoms with Gasteiger partial charge in [-0.05, 0) is 28.0 Å². The summed E-state index contributed by atoms with van der Waals surface area (Å²) < 4.78 is 0. The van der Waals surface area contributed by atoms with Crippen molar-refractivity contribution in [3.05, 3.63) is 77.4 Å². The van der Waals surface area contributed by atoms with Crippen LogP contribution < -0.4 is 5.32 Å². The van der Waals surface area contributed by atoms with E-state index < -0.39 is 0 Å². The quantitative estimate of drug-likeness (QED) is 0.670. The van der Waals surface area contributed by atoms with Crippen LogP contribution in [0.5, 0.6) is 0 Å². The van der Waals surface area contributed by atoms with Crippen LogP contribution in [0.3, 0.4) is 0 Å². The molecule has 1 amide bonds. The summed E-state index contributed by atoms with van der Waals surface area (Å²) in [5.41, 5.74) is 4.73. The van der Waals surface area contributed by atoms with E-state index in [2.05, 4.69) is 67.7 Å². The summed E-state index contributed by atoms with van der Waals surface area (Å²) in [7, 11) is 0. The minimum absolute atomic E-state index is 0.0942. The second-order valence-electron chi connectivity index (χ2n) is 6.88. The average Bonchev–Trinajstić information content (AvgIpc) is 2.61. The molecule has 2 heteroatoms. The van der Waals surface area contributed by atoms with Crippen molar-refractivity contribution in [1.82, 2.24) is 0 Å². The van der Waals surface area contributed by atoms with Crippen LogP contribution in [0, 0.1) is 0 Å². The van der Waals surface area contributed by atoms with Crippen molar-refractivity contribution in [2.45, 2.75) is 32.1 Å². The van der Waals surface area contributed by atoms with Gasteiger partial charge in [-0.3, -0.25) is 4.79 Å². The molecule has 1 unspecified atom stereocenters. The molecule has 0 aromatic heterocycles. The van der Waals surface area contributed by atoms with Crippen LogP contribution in [0.4, 0.5) is 5.69 Å². The Balaban J connectivity index is 1.84. The first-order valence-electron chi connectivity index (χ1n) is 8.55. The molecule has 2 nitrogen and oxygen atoms in total. The zero-order chi connectivity index (χ0) is 16.7. The van der Waals surface area contributed by atoms with Crippen LogP contribution >= 0.6 is 0 Å². The molecule has 24 heavy (non-hydrogen) atoms. The Morgan fingerprint density at radius 3 is 2.46 bits per heavy atom. The van der Waals surface area contributed by atoms with Crippen molar-refractivity contribution in [3.8, 4) is 0 Å². The summed E-state index contributed by atoms with van der Waals surface area (Å²) >= 11 is 0. The van der Waals surface area contributed by atoms with E-state index in [1.165, 1.54) is 16.7 Å². The van der Waals surface area contributed by atoms with Gasteiger partial charge in [0.25, 0.3) is 0 Å². The molecule has 0 bridgehead atoms. The van der Waals surface area contributed by atoms with E-state index in [1.54, 1.807) is 0 Å². The zero-order valence-corrected chi connectivity index (χ0v) is 14.0. The molecule has 1 heterocycles. The summed E-state index contributed by atoms with van der Waals surface area (Å²) in [5.74, 6) is 0.737. The van der Waals surface area contributed by atoms with Crippen molar-refractivity contribution in [2.24, 2.45) is 0 Å². The Kier molecular flexibility index (Phi) is 3.61. The molecule has 0 saturated carbocycles. The van der Waals surface area contributed by atoms with Crippen LogP contribution in [-0.4, -0.2) is 5.91 Å². The summed E-state index contributed by atoms with van der Waals surface area (Å²) in [5, 5.41) is 5.37. The first-order chi connectivity index (χ1) is 11.6. The molecule has 1 aliphatic rings. The van der Waals surface area contributed by atoms with Crippen molar-refractivity contribution in [3.63, 3.8) is 0 Å². The molecule has 0 spiro atoms. The largest absolute Gasteiger partial charge is 0.325 e. The standard InChI is InChI=1S/C22H21NO/c1-14(2)15-7-9-17(10-8-15)20-13-21(24)23-22-18-6-4-3-5-16(18)11-12-19(20)22/h3-12,14,20H,13H2,1-2H3,(H,23,24). The number of fused-ring (bicyclic) bond motifs is 3. The number of nitrogens with one attached hydrogen (secondary N) is 1. The van der Waals surface area contributed by atoms with E-state index in [9.17, 15) is 4.79 Å². The average molecular weight is 315 g/mol. The van der Waals surface area contributed by atoms with Gasteiger partial charge in [-0.25, -0.2) is 0 Å². The summed E-state index contributed by atoms with van der Waals surface area (Å²) in [4.78, 5) is 12.3. The lowest BCUT2D eigenvalue weighted by molar-refractivity contribution is -0.116. The van der Waals surface area contributed by atoms with Crippen LogP contribution in [0.25, 0.3) is 10.8 Å². The predicted molar refractivity (Wildman–Crippen MR) is 99.6 cm³/mol. The van der Waals surface area contributed by atoms with E-state index in [1.807, 2.05) is 12.1 Å². The number of carbonyl (C=O) groups is 1. The molecule has 0 aliphatic carbocycles. The molecule has 1 aliphatic heterocycles. The Morgan fingerprint density at radius 2 is 1.71 bits per heavy atom. The first-order valence-corrected chi connectivity index (χ1v) is 8.55.